The number of nitrogen functional groups attached to an aromatic ring is 1. The summed E-state index contributed by atoms with van der Waals surface area (Å²) in [6.07, 6.45) is 0. The van der Waals surface area contributed by atoms with E-state index in [-0.39, 0.29) is 5.56 Å². The number of carbonyl (C=O) groups is 1. The van der Waals surface area contributed by atoms with Gasteiger partial charge in [0, 0.05) is 35.5 Å². The molecule has 3 N–H and O–H groups in total. The first kappa shape index (κ1) is 13.1. The number of carboxylic acid groups (broad SMARTS) is 1. The lowest BCUT2D eigenvalue weighted by atomic mass is 10.1. The average Bonchev–Trinajstić information content (AvgIpc) is 2.32. The maximum atomic E-state index is 11.2. The first-order valence-corrected chi connectivity index (χ1v) is 7.04. The van der Waals surface area contributed by atoms with Gasteiger partial charge in [-0.25, -0.2) is 4.79 Å². The SMILES string of the molecule is Cc1cc(N2CCSC(C)C2)cc(C(=O)O)c1N. The van der Waals surface area contributed by atoms with E-state index in [2.05, 4.69) is 11.8 Å². The topological polar surface area (TPSA) is 66.6 Å². The van der Waals surface area contributed by atoms with E-state index in [4.69, 9.17) is 10.8 Å². The number of thioether (sulfide) groups is 1. The number of hydrogen-bond acceptors (Lipinski definition) is 4. The van der Waals surface area contributed by atoms with E-state index < -0.39 is 5.97 Å². The number of nitrogens with zero attached hydrogens (tertiary/aromatic N) is 1. The van der Waals surface area contributed by atoms with Gasteiger partial charge >= 0.3 is 5.97 Å². The van der Waals surface area contributed by atoms with Gasteiger partial charge in [-0.3, -0.25) is 0 Å². The maximum Gasteiger partial charge on any atom is 0.337 e. The lowest BCUT2D eigenvalue weighted by molar-refractivity contribution is 0.0698. The van der Waals surface area contributed by atoms with Gasteiger partial charge < -0.3 is 15.7 Å². The minimum atomic E-state index is -0.961. The minimum absolute atomic E-state index is 0.205. The fourth-order valence-electron chi connectivity index (χ4n) is 2.19. The smallest absolute Gasteiger partial charge is 0.337 e. The zero-order chi connectivity index (χ0) is 13.3. The Kier molecular flexibility index (Phi) is 3.71. The Bertz CT molecular complexity index is 476. The maximum absolute atomic E-state index is 11.2. The van der Waals surface area contributed by atoms with Crippen LogP contribution in [-0.4, -0.2) is 35.2 Å². The quantitative estimate of drug-likeness (QED) is 0.803. The van der Waals surface area contributed by atoms with Gasteiger partial charge in [-0.2, -0.15) is 11.8 Å². The Morgan fingerprint density at radius 1 is 1.56 bits per heavy atom. The molecular weight excluding hydrogens is 248 g/mol. The second-order valence-electron chi connectivity index (χ2n) is 4.66. The van der Waals surface area contributed by atoms with Crippen LogP contribution in [0.25, 0.3) is 0 Å². The lowest BCUT2D eigenvalue weighted by Gasteiger charge is -2.33. The van der Waals surface area contributed by atoms with Crippen LogP contribution in [0.1, 0.15) is 22.8 Å². The molecule has 5 heteroatoms. The summed E-state index contributed by atoms with van der Waals surface area (Å²) in [5.41, 5.74) is 8.17. The highest BCUT2D eigenvalue weighted by Gasteiger charge is 2.20. The predicted molar refractivity (Wildman–Crippen MR) is 76.7 cm³/mol. The summed E-state index contributed by atoms with van der Waals surface area (Å²) in [5.74, 6) is 0.115. The molecule has 1 unspecified atom stereocenters. The van der Waals surface area contributed by atoms with Crippen LogP contribution in [0.2, 0.25) is 0 Å². The number of carboxylic acids is 1. The van der Waals surface area contributed by atoms with E-state index >= 15 is 0 Å². The second kappa shape index (κ2) is 5.10. The van der Waals surface area contributed by atoms with Gasteiger partial charge in [0.1, 0.15) is 0 Å². The van der Waals surface area contributed by atoms with Gasteiger partial charge in [0.05, 0.1) is 5.56 Å². The molecule has 0 amide bonds. The van der Waals surface area contributed by atoms with Crippen LogP contribution in [0.4, 0.5) is 11.4 Å². The number of rotatable bonds is 2. The molecule has 1 saturated heterocycles. The molecule has 0 spiro atoms. The second-order valence-corrected chi connectivity index (χ2v) is 6.20. The molecule has 0 aromatic heterocycles. The van der Waals surface area contributed by atoms with Crippen LogP contribution in [0.15, 0.2) is 12.1 Å². The molecule has 0 radical (unpaired) electrons. The molecule has 4 nitrogen and oxygen atoms in total. The molecule has 1 atom stereocenters. The minimum Gasteiger partial charge on any atom is -0.478 e. The van der Waals surface area contributed by atoms with Crippen molar-refractivity contribution >= 4 is 29.1 Å². The molecule has 1 aliphatic rings. The molecule has 1 fully saturated rings. The number of anilines is 2. The highest BCUT2D eigenvalue weighted by atomic mass is 32.2. The molecule has 1 aliphatic heterocycles. The van der Waals surface area contributed by atoms with Crippen molar-refractivity contribution in [3.05, 3.63) is 23.3 Å². The molecule has 1 heterocycles. The van der Waals surface area contributed by atoms with Gasteiger partial charge in [0.25, 0.3) is 0 Å². The standard InChI is InChI=1S/C13H18N2O2S/c1-8-5-10(6-11(12(8)14)13(16)17)15-3-4-18-9(2)7-15/h5-6,9H,3-4,7,14H2,1-2H3,(H,16,17). The lowest BCUT2D eigenvalue weighted by Crippen LogP contribution is -2.36. The highest BCUT2D eigenvalue weighted by molar-refractivity contribution is 8.00. The Morgan fingerprint density at radius 3 is 2.89 bits per heavy atom. The first-order chi connectivity index (χ1) is 8.49. The summed E-state index contributed by atoms with van der Waals surface area (Å²) in [7, 11) is 0. The van der Waals surface area contributed by atoms with Crippen molar-refractivity contribution in [3.63, 3.8) is 0 Å². The summed E-state index contributed by atoms with van der Waals surface area (Å²) in [6.45, 7) is 5.96. The summed E-state index contributed by atoms with van der Waals surface area (Å²) in [4.78, 5) is 13.4. The zero-order valence-corrected chi connectivity index (χ0v) is 11.5. The molecule has 98 valence electrons. The Hall–Kier alpha value is -1.36. The zero-order valence-electron chi connectivity index (χ0n) is 10.6. The molecule has 0 saturated carbocycles. The molecule has 1 aromatic rings. The van der Waals surface area contributed by atoms with Crippen molar-refractivity contribution in [2.75, 3.05) is 29.5 Å². The summed E-state index contributed by atoms with van der Waals surface area (Å²) < 4.78 is 0. The van der Waals surface area contributed by atoms with Gasteiger partial charge in [0.2, 0.25) is 0 Å². The molecule has 18 heavy (non-hydrogen) atoms. The number of hydrogen-bond donors (Lipinski definition) is 2. The van der Waals surface area contributed by atoms with E-state index in [0.29, 0.717) is 10.9 Å². The van der Waals surface area contributed by atoms with Crippen molar-refractivity contribution in [1.29, 1.82) is 0 Å². The van der Waals surface area contributed by atoms with Gasteiger partial charge in [-0.1, -0.05) is 6.92 Å². The monoisotopic (exact) mass is 266 g/mol. The highest BCUT2D eigenvalue weighted by Crippen LogP contribution is 2.29. The van der Waals surface area contributed by atoms with Crippen molar-refractivity contribution in [2.24, 2.45) is 0 Å². The van der Waals surface area contributed by atoms with Gasteiger partial charge in [-0.05, 0) is 24.6 Å². The molecule has 2 rings (SSSR count). The number of aromatic carboxylic acids is 1. The third-order valence-corrected chi connectivity index (χ3v) is 4.34. The van der Waals surface area contributed by atoms with Crippen molar-refractivity contribution in [3.8, 4) is 0 Å². The molecule has 0 bridgehead atoms. The summed E-state index contributed by atoms with van der Waals surface area (Å²) >= 11 is 1.95. The van der Waals surface area contributed by atoms with Crippen LogP contribution in [0, 0.1) is 6.92 Å². The fraction of sp³-hybridized carbons (Fsp3) is 0.462. The Morgan fingerprint density at radius 2 is 2.28 bits per heavy atom. The van der Waals surface area contributed by atoms with Crippen molar-refractivity contribution in [1.82, 2.24) is 0 Å². The van der Waals surface area contributed by atoms with Crippen molar-refractivity contribution in [2.45, 2.75) is 19.1 Å². The Balaban J connectivity index is 2.36. The van der Waals surface area contributed by atoms with E-state index in [1.54, 1.807) is 6.07 Å². The van der Waals surface area contributed by atoms with Crippen LogP contribution < -0.4 is 10.6 Å². The van der Waals surface area contributed by atoms with Crippen molar-refractivity contribution < 1.29 is 9.90 Å². The first-order valence-electron chi connectivity index (χ1n) is 5.99. The summed E-state index contributed by atoms with van der Waals surface area (Å²) in [6, 6.07) is 3.66. The van der Waals surface area contributed by atoms with Crippen LogP contribution in [0.5, 0.6) is 0 Å². The fourth-order valence-corrected chi connectivity index (χ4v) is 3.21. The average molecular weight is 266 g/mol. The molecule has 0 aliphatic carbocycles. The van der Waals surface area contributed by atoms with E-state index in [1.165, 1.54) is 0 Å². The summed E-state index contributed by atoms with van der Waals surface area (Å²) in [5, 5.41) is 9.74. The normalized spacial score (nSPS) is 19.9. The van der Waals surface area contributed by atoms with Crippen LogP contribution in [0.3, 0.4) is 0 Å². The number of aryl methyl sites for hydroxylation is 1. The third-order valence-electron chi connectivity index (χ3n) is 3.21. The third kappa shape index (κ3) is 2.56. The van der Waals surface area contributed by atoms with E-state index in [9.17, 15) is 4.79 Å². The number of nitrogens with two attached hydrogens (primary N) is 1. The largest absolute Gasteiger partial charge is 0.478 e. The molecular formula is C13H18N2O2S. The van der Waals surface area contributed by atoms with Crippen LogP contribution >= 0.6 is 11.8 Å². The number of benzene rings is 1. The predicted octanol–water partition coefficient (Wildman–Crippen LogP) is 2.22. The van der Waals surface area contributed by atoms with Gasteiger partial charge in [0.15, 0.2) is 0 Å². The van der Waals surface area contributed by atoms with Gasteiger partial charge in [-0.15, -0.1) is 0 Å². The van der Waals surface area contributed by atoms with E-state index in [1.807, 2.05) is 24.8 Å². The van der Waals surface area contributed by atoms with Crippen LogP contribution in [-0.2, 0) is 0 Å². The Labute approximate surface area is 111 Å². The molecule has 1 aromatic carbocycles. The van der Waals surface area contributed by atoms with E-state index in [0.717, 1.165) is 30.1 Å².